The fourth-order valence-electron chi connectivity index (χ4n) is 4.07. The lowest BCUT2D eigenvalue weighted by molar-refractivity contribution is -0.135. The Bertz CT molecular complexity index is 1000. The van der Waals surface area contributed by atoms with Gasteiger partial charge in [-0.05, 0) is 49.4 Å². The monoisotopic (exact) mass is 395 g/mol. The third-order valence-electron chi connectivity index (χ3n) is 5.75. The van der Waals surface area contributed by atoms with Crippen molar-refractivity contribution in [2.45, 2.75) is 38.3 Å². The van der Waals surface area contributed by atoms with Crippen LogP contribution in [0.15, 0.2) is 42.5 Å². The van der Waals surface area contributed by atoms with Gasteiger partial charge in [0.05, 0.1) is 6.04 Å². The number of imide groups is 1. The number of carbonyl (C=O) groups is 3. The lowest BCUT2D eigenvalue weighted by Crippen LogP contribution is -2.43. The minimum Gasteiger partial charge on any atom is -0.348 e. The van der Waals surface area contributed by atoms with Crippen molar-refractivity contribution >= 4 is 17.8 Å². The quantitative estimate of drug-likeness (QED) is 0.782. The molecule has 2 N–H and O–H groups in total. The van der Waals surface area contributed by atoms with E-state index in [9.17, 15) is 18.8 Å². The van der Waals surface area contributed by atoms with Crippen molar-refractivity contribution in [2.24, 2.45) is 0 Å². The lowest BCUT2D eigenvalue weighted by atomic mass is 9.91. The molecule has 150 valence electrons. The average Bonchev–Trinajstić information content (AvgIpc) is 3.18. The van der Waals surface area contributed by atoms with Gasteiger partial charge in [0.15, 0.2) is 0 Å². The van der Waals surface area contributed by atoms with Gasteiger partial charge in [-0.2, -0.15) is 0 Å². The summed E-state index contributed by atoms with van der Waals surface area (Å²) < 4.78 is 13.9. The zero-order valence-electron chi connectivity index (χ0n) is 16.3. The van der Waals surface area contributed by atoms with E-state index >= 15 is 0 Å². The molecule has 1 heterocycles. The summed E-state index contributed by atoms with van der Waals surface area (Å²) in [7, 11) is 0. The van der Waals surface area contributed by atoms with E-state index in [1.807, 2.05) is 19.1 Å². The van der Waals surface area contributed by atoms with Gasteiger partial charge in [-0.15, -0.1) is 0 Å². The fourth-order valence-corrected chi connectivity index (χ4v) is 4.07. The predicted molar refractivity (Wildman–Crippen MR) is 104 cm³/mol. The van der Waals surface area contributed by atoms with Gasteiger partial charge in [-0.3, -0.25) is 14.5 Å². The van der Waals surface area contributed by atoms with E-state index in [-0.39, 0.29) is 18.4 Å². The molecular weight excluding hydrogens is 373 g/mol. The Morgan fingerprint density at radius 2 is 1.97 bits per heavy atom. The number of hydrogen-bond acceptors (Lipinski definition) is 3. The van der Waals surface area contributed by atoms with Crippen molar-refractivity contribution in [3.05, 3.63) is 70.5 Å². The molecule has 2 atom stereocenters. The zero-order chi connectivity index (χ0) is 20.8. The van der Waals surface area contributed by atoms with Crippen LogP contribution in [-0.4, -0.2) is 29.3 Å². The normalized spacial score (nSPS) is 23.1. The van der Waals surface area contributed by atoms with Crippen LogP contribution >= 0.6 is 0 Å². The highest BCUT2D eigenvalue weighted by atomic mass is 19.1. The highest BCUT2D eigenvalue weighted by Crippen LogP contribution is 2.33. The Morgan fingerprint density at radius 3 is 2.69 bits per heavy atom. The molecule has 2 unspecified atom stereocenters. The number of nitrogens with one attached hydrogen (secondary N) is 2. The van der Waals surface area contributed by atoms with Crippen LogP contribution in [0.25, 0.3) is 0 Å². The highest BCUT2D eigenvalue weighted by molar-refractivity contribution is 6.09. The first-order chi connectivity index (χ1) is 13.8. The molecule has 0 spiro atoms. The number of nitrogens with zero attached hydrogens (tertiary/aromatic N) is 1. The number of amides is 4. The Hall–Kier alpha value is -3.22. The molecule has 1 aliphatic heterocycles. The van der Waals surface area contributed by atoms with Crippen LogP contribution in [0.5, 0.6) is 0 Å². The van der Waals surface area contributed by atoms with Crippen LogP contribution in [0.3, 0.4) is 0 Å². The van der Waals surface area contributed by atoms with Crippen molar-refractivity contribution in [3.63, 3.8) is 0 Å². The first-order valence-corrected chi connectivity index (χ1v) is 9.57. The molecule has 4 rings (SSSR count). The smallest absolute Gasteiger partial charge is 0.325 e. The molecule has 2 aromatic rings. The van der Waals surface area contributed by atoms with Gasteiger partial charge in [0.2, 0.25) is 5.91 Å². The van der Waals surface area contributed by atoms with E-state index in [1.165, 1.54) is 6.07 Å². The highest BCUT2D eigenvalue weighted by Gasteiger charge is 2.49. The van der Waals surface area contributed by atoms with E-state index in [4.69, 9.17) is 0 Å². The summed E-state index contributed by atoms with van der Waals surface area (Å²) in [6, 6.07) is 11.2. The van der Waals surface area contributed by atoms with Crippen LogP contribution in [0.1, 0.15) is 41.6 Å². The van der Waals surface area contributed by atoms with Gasteiger partial charge < -0.3 is 10.6 Å². The predicted octanol–water partition coefficient (Wildman–Crippen LogP) is 2.70. The van der Waals surface area contributed by atoms with E-state index in [2.05, 4.69) is 10.6 Å². The summed E-state index contributed by atoms with van der Waals surface area (Å²) in [6.07, 6.45) is 1.13. The van der Waals surface area contributed by atoms with Crippen molar-refractivity contribution < 1.29 is 18.8 Å². The molecule has 0 bridgehead atoms. The molecule has 1 aliphatic carbocycles. The Kier molecular flexibility index (Phi) is 4.61. The van der Waals surface area contributed by atoms with E-state index < -0.39 is 23.4 Å². The van der Waals surface area contributed by atoms with E-state index in [0.717, 1.165) is 16.0 Å². The summed E-state index contributed by atoms with van der Waals surface area (Å²) in [5, 5.41) is 5.52. The molecule has 2 aromatic carbocycles. The fraction of sp³-hybridized carbons (Fsp3) is 0.318. The largest absolute Gasteiger partial charge is 0.348 e. The van der Waals surface area contributed by atoms with Crippen LogP contribution in [0.4, 0.5) is 9.18 Å². The Morgan fingerprint density at radius 1 is 1.24 bits per heavy atom. The number of benzene rings is 2. The molecule has 0 saturated carbocycles. The molecule has 2 aliphatic rings. The number of fused-ring (bicyclic) bond motifs is 1. The van der Waals surface area contributed by atoms with Crippen LogP contribution in [0.2, 0.25) is 0 Å². The SMILES string of the molecule is Cc1ccc(C2(C)NC(=O)N(CC(=O)NC3CCc4c(F)cccc43)C2=O)cc1. The number of hydrogen-bond donors (Lipinski definition) is 2. The van der Waals surface area contributed by atoms with Gasteiger partial charge in [-0.1, -0.05) is 42.0 Å². The minimum absolute atomic E-state index is 0.276. The van der Waals surface area contributed by atoms with Gasteiger partial charge in [0.1, 0.15) is 17.9 Å². The van der Waals surface area contributed by atoms with Crippen LogP contribution in [-0.2, 0) is 21.5 Å². The molecule has 0 radical (unpaired) electrons. The van der Waals surface area contributed by atoms with Gasteiger partial charge >= 0.3 is 6.03 Å². The molecule has 7 heteroatoms. The standard InChI is InChI=1S/C22H22FN3O3/c1-13-6-8-14(9-7-13)22(2)20(28)26(21(29)25-22)12-19(27)24-18-11-10-15-16(18)4-3-5-17(15)23/h3-9,18H,10-12H2,1-2H3,(H,24,27)(H,25,29). The Balaban J connectivity index is 1.47. The lowest BCUT2D eigenvalue weighted by Gasteiger charge is -2.22. The maximum absolute atomic E-state index is 13.9. The molecule has 6 nitrogen and oxygen atoms in total. The molecule has 29 heavy (non-hydrogen) atoms. The molecule has 1 fully saturated rings. The summed E-state index contributed by atoms with van der Waals surface area (Å²) in [5.41, 5.74) is 1.84. The summed E-state index contributed by atoms with van der Waals surface area (Å²) in [5.74, 6) is -1.20. The van der Waals surface area contributed by atoms with Crippen molar-refractivity contribution in [3.8, 4) is 0 Å². The number of carbonyl (C=O) groups excluding carboxylic acids is 3. The minimum atomic E-state index is -1.21. The number of rotatable bonds is 4. The van der Waals surface area contributed by atoms with Crippen LogP contribution < -0.4 is 10.6 Å². The number of halogens is 1. The van der Waals surface area contributed by atoms with Gasteiger partial charge in [-0.25, -0.2) is 9.18 Å². The maximum Gasteiger partial charge on any atom is 0.325 e. The molecule has 4 amide bonds. The number of urea groups is 1. The van der Waals surface area contributed by atoms with Crippen molar-refractivity contribution in [1.29, 1.82) is 0 Å². The van der Waals surface area contributed by atoms with E-state index in [1.54, 1.807) is 31.2 Å². The molecular formula is C22H22FN3O3. The second kappa shape index (κ2) is 6.99. The Labute approximate surface area is 168 Å². The maximum atomic E-state index is 13.9. The van der Waals surface area contributed by atoms with Gasteiger partial charge in [0.25, 0.3) is 5.91 Å². The van der Waals surface area contributed by atoms with E-state index in [0.29, 0.717) is 24.0 Å². The summed E-state index contributed by atoms with van der Waals surface area (Å²) >= 11 is 0. The van der Waals surface area contributed by atoms with Gasteiger partial charge in [0, 0.05) is 0 Å². The first kappa shape index (κ1) is 19.1. The van der Waals surface area contributed by atoms with Crippen molar-refractivity contribution in [2.75, 3.05) is 6.54 Å². The molecule has 0 aromatic heterocycles. The van der Waals surface area contributed by atoms with Crippen molar-refractivity contribution in [1.82, 2.24) is 15.5 Å². The van der Waals surface area contributed by atoms with Crippen LogP contribution in [0, 0.1) is 12.7 Å². The zero-order valence-corrected chi connectivity index (χ0v) is 16.3. The second-order valence-corrected chi connectivity index (χ2v) is 7.78. The second-order valence-electron chi connectivity index (χ2n) is 7.78. The summed E-state index contributed by atoms with van der Waals surface area (Å²) in [6.45, 7) is 3.18. The third kappa shape index (κ3) is 3.26. The third-order valence-corrected chi connectivity index (χ3v) is 5.75. The first-order valence-electron chi connectivity index (χ1n) is 9.57. The topological polar surface area (TPSA) is 78.5 Å². The summed E-state index contributed by atoms with van der Waals surface area (Å²) in [4.78, 5) is 38.9. The molecule has 1 saturated heterocycles. The number of aryl methyl sites for hydroxylation is 1. The average molecular weight is 395 g/mol.